The van der Waals surface area contributed by atoms with Crippen molar-refractivity contribution >= 4 is 5.91 Å². The molecule has 0 aromatic heterocycles. The molecule has 1 amide bonds. The van der Waals surface area contributed by atoms with Gasteiger partial charge in [-0.1, -0.05) is 66.7 Å². The Morgan fingerprint density at radius 1 is 1.00 bits per heavy atom. The number of nitrogens with two attached hydrogens (primary N) is 1. The molecule has 3 aromatic carbocycles. The first-order chi connectivity index (χ1) is 13.7. The van der Waals surface area contributed by atoms with Crippen molar-refractivity contribution in [2.75, 3.05) is 0 Å². The smallest absolute Gasteiger partial charge is 0.235 e. The van der Waals surface area contributed by atoms with E-state index < -0.39 is 0 Å². The average molecular weight is 367 g/mol. The fourth-order valence-corrected chi connectivity index (χ4v) is 3.88. The summed E-state index contributed by atoms with van der Waals surface area (Å²) in [6.45, 7) is 1.37. The maximum atomic E-state index is 12.0. The first kappa shape index (κ1) is 18.0. The Bertz CT molecular complexity index is 1050. The predicted octanol–water partition coefficient (Wildman–Crippen LogP) is 3.64. The van der Waals surface area contributed by atoms with E-state index in [1.165, 1.54) is 11.1 Å². The van der Waals surface area contributed by atoms with E-state index >= 15 is 0 Å². The Morgan fingerprint density at radius 3 is 2.39 bits per heavy atom. The Balaban J connectivity index is 1.57. The minimum Gasteiger partial charge on any atom is -0.368 e. The predicted molar refractivity (Wildman–Crippen MR) is 109 cm³/mol. The highest BCUT2D eigenvalue weighted by atomic mass is 16.1. The highest BCUT2D eigenvalue weighted by molar-refractivity contribution is 5.80. The van der Waals surface area contributed by atoms with Crippen LogP contribution < -0.4 is 5.73 Å². The normalized spacial score (nSPS) is 16.2. The third kappa shape index (κ3) is 3.53. The number of primary amides is 1. The second-order valence-corrected chi connectivity index (χ2v) is 7.15. The lowest BCUT2D eigenvalue weighted by molar-refractivity contribution is -0.124. The summed E-state index contributed by atoms with van der Waals surface area (Å²) >= 11 is 0. The van der Waals surface area contributed by atoms with E-state index in [0.29, 0.717) is 25.1 Å². The fourth-order valence-electron chi connectivity index (χ4n) is 3.88. The van der Waals surface area contributed by atoms with Gasteiger partial charge in [0.15, 0.2) is 0 Å². The van der Waals surface area contributed by atoms with Crippen molar-refractivity contribution < 1.29 is 4.79 Å². The summed E-state index contributed by atoms with van der Waals surface area (Å²) in [6.07, 6.45) is 0.652. The van der Waals surface area contributed by atoms with Gasteiger partial charge in [-0.2, -0.15) is 5.26 Å². The molecule has 138 valence electrons. The van der Waals surface area contributed by atoms with Crippen LogP contribution in [0.15, 0.2) is 72.8 Å². The zero-order valence-electron chi connectivity index (χ0n) is 15.5. The molecule has 0 radical (unpaired) electrons. The van der Waals surface area contributed by atoms with Crippen molar-refractivity contribution in [1.82, 2.24) is 4.90 Å². The molecule has 4 heteroatoms. The standard InChI is InChI=1S/C24H21N3O/c25-14-20-6-3-4-8-22(20)18-11-9-17(10-12-18)15-27-16-21-7-2-1-5-19(21)13-23(27)24(26)28/h1-12,23H,13,15-16H2,(H2,26,28). The van der Waals surface area contributed by atoms with E-state index in [0.717, 1.165) is 16.7 Å². The molecule has 1 heterocycles. The van der Waals surface area contributed by atoms with Gasteiger partial charge in [-0.05, 0) is 40.3 Å². The van der Waals surface area contributed by atoms with Crippen LogP contribution >= 0.6 is 0 Å². The summed E-state index contributed by atoms with van der Waals surface area (Å²) < 4.78 is 0. The van der Waals surface area contributed by atoms with Crippen molar-refractivity contribution in [2.45, 2.75) is 25.6 Å². The number of carbonyl (C=O) groups excluding carboxylic acids is 1. The molecule has 1 aliphatic rings. The lowest BCUT2D eigenvalue weighted by Crippen LogP contribution is -2.48. The minimum absolute atomic E-state index is 0.283. The second kappa shape index (κ2) is 7.67. The Morgan fingerprint density at radius 2 is 1.68 bits per heavy atom. The van der Waals surface area contributed by atoms with Crippen molar-refractivity contribution in [1.29, 1.82) is 5.26 Å². The summed E-state index contributed by atoms with van der Waals surface area (Å²) in [5.41, 5.74) is 11.9. The molecule has 1 aliphatic heterocycles. The van der Waals surface area contributed by atoms with Crippen LogP contribution in [0.2, 0.25) is 0 Å². The van der Waals surface area contributed by atoms with Crippen LogP contribution in [0, 0.1) is 11.3 Å². The number of amides is 1. The topological polar surface area (TPSA) is 70.1 Å². The summed E-state index contributed by atoms with van der Waals surface area (Å²) in [5, 5.41) is 9.31. The van der Waals surface area contributed by atoms with E-state index in [4.69, 9.17) is 5.73 Å². The van der Waals surface area contributed by atoms with E-state index in [-0.39, 0.29) is 11.9 Å². The van der Waals surface area contributed by atoms with Gasteiger partial charge in [0, 0.05) is 13.1 Å². The Kier molecular flexibility index (Phi) is 4.92. The van der Waals surface area contributed by atoms with Crippen LogP contribution in [0.4, 0.5) is 0 Å². The van der Waals surface area contributed by atoms with Gasteiger partial charge in [0.05, 0.1) is 17.7 Å². The average Bonchev–Trinajstić information content (AvgIpc) is 2.73. The largest absolute Gasteiger partial charge is 0.368 e. The fraction of sp³-hybridized carbons (Fsp3) is 0.167. The number of nitriles is 1. The lowest BCUT2D eigenvalue weighted by Gasteiger charge is -2.35. The zero-order valence-corrected chi connectivity index (χ0v) is 15.5. The van der Waals surface area contributed by atoms with E-state index in [2.05, 4.69) is 35.2 Å². The highest BCUT2D eigenvalue weighted by Crippen LogP contribution is 2.27. The molecule has 1 unspecified atom stereocenters. The van der Waals surface area contributed by atoms with Crippen LogP contribution in [0.3, 0.4) is 0 Å². The Labute approximate surface area is 164 Å². The molecule has 0 aliphatic carbocycles. The first-order valence-electron chi connectivity index (χ1n) is 9.34. The molecule has 1 atom stereocenters. The quantitative estimate of drug-likeness (QED) is 0.765. The Hall–Kier alpha value is -3.42. The van der Waals surface area contributed by atoms with Gasteiger partial charge in [-0.25, -0.2) is 0 Å². The number of fused-ring (bicyclic) bond motifs is 1. The molecule has 0 spiro atoms. The van der Waals surface area contributed by atoms with Gasteiger partial charge >= 0.3 is 0 Å². The summed E-state index contributed by atoms with van der Waals surface area (Å²) in [4.78, 5) is 14.2. The molecule has 4 rings (SSSR count). The lowest BCUT2D eigenvalue weighted by atomic mass is 9.93. The molecule has 0 saturated heterocycles. The molecule has 28 heavy (non-hydrogen) atoms. The molecule has 0 saturated carbocycles. The third-order valence-corrected chi connectivity index (χ3v) is 5.37. The summed E-state index contributed by atoms with van der Waals surface area (Å²) in [7, 11) is 0. The van der Waals surface area contributed by atoms with Gasteiger partial charge in [0.25, 0.3) is 0 Å². The number of carbonyl (C=O) groups is 1. The van der Waals surface area contributed by atoms with E-state index in [1.54, 1.807) is 0 Å². The van der Waals surface area contributed by atoms with Gasteiger partial charge in [-0.15, -0.1) is 0 Å². The van der Waals surface area contributed by atoms with Gasteiger partial charge < -0.3 is 5.73 Å². The number of rotatable bonds is 4. The van der Waals surface area contributed by atoms with E-state index in [9.17, 15) is 10.1 Å². The van der Waals surface area contributed by atoms with Gasteiger partial charge in [-0.3, -0.25) is 9.69 Å². The number of nitrogens with zero attached hydrogens (tertiary/aromatic N) is 2. The van der Waals surface area contributed by atoms with E-state index in [1.807, 2.05) is 48.5 Å². The summed E-state index contributed by atoms with van der Waals surface area (Å²) in [6, 6.07) is 25.9. The third-order valence-electron chi connectivity index (χ3n) is 5.37. The number of hydrogen-bond donors (Lipinski definition) is 1. The monoisotopic (exact) mass is 367 g/mol. The first-order valence-corrected chi connectivity index (χ1v) is 9.34. The molecule has 3 aromatic rings. The van der Waals surface area contributed by atoms with Crippen LogP contribution in [0.5, 0.6) is 0 Å². The minimum atomic E-state index is -0.297. The SMILES string of the molecule is N#Cc1ccccc1-c1ccc(CN2Cc3ccccc3CC2C(N)=O)cc1. The van der Waals surface area contributed by atoms with Crippen LogP contribution in [-0.2, 0) is 24.3 Å². The van der Waals surface area contributed by atoms with Crippen molar-refractivity contribution in [3.8, 4) is 17.2 Å². The molecule has 2 N–H and O–H groups in total. The van der Waals surface area contributed by atoms with Crippen molar-refractivity contribution in [3.63, 3.8) is 0 Å². The van der Waals surface area contributed by atoms with Crippen molar-refractivity contribution in [2.24, 2.45) is 5.73 Å². The molecule has 0 bridgehead atoms. The maximum Gasteiger partial charge on any atom is 0.235 e. The maximum absolute atomic E-state index is 12.0. The van der Waals surface area contributed by atoms with Crippen molar-refractivity contribution in [3.05, 3.63) is 95.1 Å². The van der Waals surface area contributed by atoms with Crippen LogP contribution in [0.1, 0.15) is 22.3 Å². The number of hydrogen-bond acceptors (Lipinski definition) is 3. The second-order valence-electron chi connectivity index (χ2n) is 7.15. The van der Waals surface area contributed by atoms with Crippen LogP contribution in [0.25, 0.3) is 11.1 Å². The molecule has 4 nitrogen and oxygen atoms in total. The summed E-state index contributed by atoms with van der Waals surface area (Å²) in [5.74, 6) is -0.283. The number of benzene rings is 3. The highest BCUT2D eigenvalue weighted by Gasteiger charge is 2.29. The van der Waals surface area contributed by atoms with Gasteiger partial charge in [0.2, 0.25) is 5.91 Å². The molecular formula is C24H21N3O. The van der Waals surface area contributed by atoms with Crippen LogP contribution in [-0.4, -0.2) is 16.8 Å². The molecular weight excluding hydrogens is 346 g/mol. The molecule has 0 fully saturated rings. The zero-order chi connectivity index (χ0) is 19.5. The van der Waals surface area contributed by atoms with Gasteiger partial charge in [0.1, 0.15) is 0 Å².